The van der Waals surface area contributed by atoms with Gasteiger partial charge in [-0.1, -0.05) is 29.5 Å². The maximum Gasteiger partial charge on any atom is 0.175 e. The van der Waals surface area contributed by atoms with Gasteiger partial charge in [0.05, 0.1) is 29.3 Å². The molecule has 130 valence electrons. The van der Waals surface area contributed by atoms with Crippen molar-refractivity contribution in [1.82, 2.24) is 24.8 Å². The molecule has 4 rings (SSSR count). The second-order valence-corrected chi connectivity index (χ2v) is 5.95. The van der Waals surface area contributed by atoms with Crippen molar-refractivity contribution in [3.8, 4) is 0 Å². The highest BCUT2D eigenvalue weighted by Crippen LogP contribution is 2.14. The number of benzene rings is 2. The molecule has 0 aliphatic heterocycles. The van der Waals surface area contributed by atoms with Crippen LogP contribution in [0.2, 0.25) is 0 Å². The van der Waals surface area contributed by atoms with Gasteiger partial charge in [-0.05, 0) is 36.5 Å². The molecule has 0 atom stereocenters. The summed E-state index contributed by atoms with van der Waals surface area (Å²) >= 11 is 5.21. The number of anilines is 2. The molecule has 0 saturated heterocycles. The Bertz CT molecular complexity index is 1070. The van der Waals surface area contributed by atoms with Crippen molar-refractivity contribution in [2.24, 2.45) is 0 Å². The Morgan fingerprint density at radius 2 is 1.88 bits per heavy atom. The summed E-state index contributed by atoms with van der Waals surface area (Å²) in [6.07, 6.45) is 3.42. The van der Waals surface area contributed by atoms with Gasteiger partial charge in [0, 0.05) is 0 Å². The highest BCUT2D eigenvalue weighted by Gasteiger charge is 2.07. The van der Waals surface area contributed by atoms with E-state index in [-0.39, 0.29) is 10.9 Å². The van der Waals surface area contributed by atoms with E-state index in [9.17, 15) is 4.39 Å². The van der Waals surface area contributed by atoms with Crippen LogP contribution < -0.4 is 10.6 Å². The van der Waals surface area contributed by atoms with Gasteiger partial charge in [-0.3, -0.25) is 0 Å². The van der Waals surface area contributed by atoms with Crippen molar-refractivity contribution in [2.75, 3.05) is 10.6 Å². The lowest BCUT2D eigenvalue weighted by molar-refractivity contribution is 0.502. The molecule has 4 aromatic rings. The first kappa shape index (κ1) is 16.2. The maximum absolute atomic E-state index is 13.7. The van der Waals surface area contributed by atoms with E-state index in [2.05, 4.69) is 26.0 Å². The Kier molecular flexibility index (Phi) is 4.28. The molecule has 2 heterocycles. The van der Waals surface area contributed by atoms with Crippen molar-refractivity contribution in [3.63, 3.8) is 0 Å². The number of para-hydroxylation sites is 2. The third kappa shape index (κ3) is 3.38. The number of rotatable bonds is 4. The third-order valence-corrected chi connectivity index (χ3v) is 3.92. The van der Waals surface area contributed by atoms with Crippen LogP contribution in [-0.4, -0.2) is 29.9 Å². The Hall–Kier alpha value is -3.33. The normalized spacial score (nSPS) is 10.8. The smallest absolute Gasteiger partial charge is 0.175 e. The minimum absolute atomic E-state index is 0.279. The number of nitrogens with zero attached hydrogens (tertiary/aromatic N) is 5. The summed E-state index contributed by atoms with van der Waals surface area (Å²) in [7, 11) is 0. The second-order valence-electron chi connectivity index (χ2n) is 5.55. The van der Waals surface area contributed by atoms with Gasteiger partial charge in [-0.2, -0.15) is 5.10 Å². The molecule has 0 saturated carbocycles. The van der Waals surface area contributed by atoms with E-state index in [0.717, 1.165) is 11.0 Å². The number of fused-ring (bicyclic) bond motifs is 1. The van der Waals surface area contributed by atoms with E-state index < -0.39 is 0 Å². The molecule has 0 unspecified atom stereocenters. The lowest BCUT2D eigenvalue weighted by Gasteiger charge is -2.09. The maximum atomic E-state index is 13.7. The lowest BCUT2D eigenvalue weighted by Crippen LogP contribution is -2.19. The average Bonchev–Trinajstić information content (AvgIpc) is 3.25. The summed E-state index contributed by atoms with van der Waals surface area (Å²) in [6.45, 7) is 0.412. The zero-order valence-electron chi connectivity index (χ0n) is 13.5. The lowest BCUT2D eigenvalue weighted by atomic mass is 10.3. The molecule has 7 nitrogen and oxygen atoms in total. The predicted molar refractivity (Wildman–Crippen MR) is 101 cm³/mol. The molecular formula is C17H14FN7S. The number of hydrogen-bond donors (Lipinski definition) is 2. The molecular weight excluding hydrogens is 353 g/mol. The highest BCUT2D eigenvalue weighted by atomic mass is 32.1. The van der Waals surface area contributed by atoms with E-state index in [1.54, 1.807) is 40.0 Å². The van der Waals surface area contributed by atoms with Crippen molar-refractivity contribution >= 4 is 39.7 Å². The van der Waals surface area contributed by atoms with Gasteiger partial charge in [0.2, 0.25) is 0 Å². The zero-order chi connectivity index (χ0) is 17.9. The minimum atomic E-state index is -0.370. The summed E-state index contributed by atoms with van der Waals surface area (Å²) in [6, 6.07) is 14.0. The molecule has 0 bridgehead atoms. The monoisotopic (exact) mass is 367 g/mol. The van der Waals surface area contributed by atoms with Crippen LogP contribution in [0.3, 0.4) is 0 Å². The largest absolute Gasteiger partial charge is 0.330 e. The molecule has 0 spiro atoms. The topological polar surface area (TPSA) is 72.6 Å². The van der Waals surface area contributed by atoms with E-state index in [1.807, 2.05) is 24.3 Å². The van der Waals surface area contributed by atoms with Gasteiger partial charge in [0.15, 0.2) is 5.11 Å². The number of aromatic nitrogens is 5. The van der Waals surface area contributed by atoms with E-state index in [0.29, 0.717) is 18.0 Å². The van der Waals surface area contributed by atoms with Gasteiger partial charge in [0.25, 0.3) is 0 Å². The molecule has 0 fully saturated rings. The Balaban J connectivity index is 1.43. The van der Waals surface area contributed by atoms with E-state index in [1.165, 1.54) is 6.07 Å². The van der Waals surface area contributed by atoms with Gasteiger partial charge in [0.1, 0.15) is 18.0 Å². The number of halogens is 1. The molecule has 2 aromatic carbocycles. The summed E-state index contributed by atoms with van der Waals surface area (Å²) in [5.74, 6) is -0.370. The predicted octanol–water partition coefficient (Wildman–Crippen LogP) is 3.08. The van der Waals surface area contributed by atoms with E-state index in [4.69, 9.17) is 12.2 Å². The fourth-order valence-electron chi connectivity index (χ4n) is 2.51. The van der Waals surface area contributed by atoms with Gasteiger partial charge in [-0.15, -0.1) is 5.10 Å². The number of nitrogens with one attached hydrogen (secondary N) is 2. The Morgan fingerprint density at radius 1 is 1.08 bits per heavy atom. The fourth-order valence-corrected chi connectivity index (χ4v) is 2.74. The summed E-state index contributed by atoms with van der Waals surface area (Å²) in [5, 5.41) is 18.6. The first-order chi connectivity index (χ1) is 12.7. The molecule has 0 radical (unpaired) electrons. The van der Waals surface area contributed by atoms with Gasteiger partial charge < -0.3 is 10.6 Å². The molecule has 0 amide bonds. The fraction of sp³-hybridized carbons (Fsp3) is 0.0588. The Labute approximate surface area is 153 Å². The van der Waals surface area contributed by atoms with Crippen LogP contribution in [-0.2, 0) is 6.67 Å². The molecule has 2 N–H and O–H groups in total. The Morgan fingerprint density at radius 3 is 2.77 bits per heavy atom. The van der Waals surface area contributed by atoms with E-state index >= 15 is 0 Å². The van der Waals surface area contributed by atoms with Crippen molar-refractivity contribution in [1.29, 1.82) is 0 Å². The van der Waals surface area contributed by atoms with Crippen LogP contribution >= 0.6 is 12.2 Å². The van der Waals surface area contributed by atoms with Crippen LogP contribution in [0.4, 0.5) is 15.8 Å². The molecule has 2 aromatic heterocycles. The SMILES string of the molecule is Fc1ccccc1NC(=S)Nc1cnn(Cn2nnc3ccccc32)c1. The van der Waals surface area contributed by atoms with Crippen LogP contribution in [0.25, 0.3) is 11.0 Å². The minimum Gasteiger partial charge on any atom is -0.330 e. The quantitative estimate of drug-likeness (QED) is 0.540. The molecule has 0 aliphatic carbocycles. The van der Waals surface area contributed by atoms with Crippen LogP contribution in [0.5, 0.6) is 0 Å². The second kappa shape index (κ2) is 6.89. The summed E-state index contributed by atoms with van der Waals surface area (Å²) in [5.41, 5.74) is 2.75. The summed E-state index contributed by atoms with van der Waals surface area (Å²) < 4.78 is 17.1. The zero-order valence-corrected chi connectivity index (χ0v) is 14.3. The standard InChI is InChI=1S/C17H14FN7S/c18-13-5-1-2-6-14(13)21-17(26)20-12-9-19-24(10-12)11-25-16-8-4-3-7-15(16)22-23-25/h1-10H,11H2,(H2,20,21,26). The average molecular weight is 367 g/mol. The first-order valence-electron chi connectivity index (χ1n) is 7.82. The first-order valence-corrected chi connectivity index (χ1v) is 8.23. The van der Waals surface area contributed by atoms with Crippen molar-refractivity contribution in [2.45, 2.75) is 6.67 Å². The van der Waals surface area contributed by atoms with Gasteiger partial charge in [-0.25, -0.2) is 13.8 Å². The van der Waals surface area contributed by atoms with Crippen LogP contribution in [0.15, 0.2) is 60.9 Å². The molecule has 9 heteroatoms. The highest BCUT2D eigenvalue weighted by molar-refractivity contribution is 7.80. The number of hydrogen-bond acceptors (Lipinski definition) is 4. The molecule has 0 aliphatic rings. The third-order valence-electron chi connectivity index (χ3n) is 3.71. The van der Waals surface area contributed by atoms with Crippen molar-refractivity contribution < 1.29 is 4.39 Å². The van der Waals surface area contributed by atoms with Crippen LogP contribution in [0, 0.1) is 5.82 Å². The van der Waals surface area contributed by atoms with Crippen molar-refractivity contribution in [3.05, 3.63) is 66.7 Å². The number of thiocarbonyl (C=S) groups is 1. The summed E-state index contributed by atoms with van der Waals surface area (Å²) in [4.78, 5) is 0. The van der Waals surface area contributed by atoms with Crippen LogP contribution in [0.1, 0.15) is 0 Å². The van der Waals surface area contributed by atoms with Gasteiger partial charge >= 0.3 is 0 Å². The molecule has 26 heavy (non-hydrogen) atoms.